The first-order chi connectivity index (χ1) is 12.5. The number of Topliss-reactive ketones (excluding diaryl/α,β-unsaturated/α-hetero) is 2. The number of nitrogens with one attached hydrogen (secondary N) is 1. The van der Waals surface area contributed by atoms with Gasteiger partial charge in [0.25, 0.3) is 0 Å². The van der Waals surface area contributed by atoms with E-state index in [1.54, 1.807) is 0 Å². The van der Waals surface area contributed by atoms with Crippen molar-refractivity contribution in [3.05, 3.63) is 71.8 Å². The molecule has 0 bridgehead atoms. The van der Waals surface area contributed by atoms with Crippen molar-refractivity contribution in [2.24, 2.45) is 5.92 Å². The predicted octanol–water partition coefficient (Wildman–Crippen LogP) is 3.49. The number of hydrogen-bond donors (Lipinski definition) is 1. The van der Waals surface area contributed by atoms with E-state index in [1.165, 1.54) is 13.8 Å². The van der Waals surface area contributed by atoms with E-state index in [-0.39, 0.29) is 24.7 Å². The van der Waals surface area contributed by atoms with E-state index in [2.05, 4.69) is 5.32 Å². The zero-order chi connectivity index (χ0) is 18.9. The Morgan fingerprint density at radius 1 is 0.885 bits per heavy atom. The number of amides is 1. The van der Waals surface area contributed by atoms with Gasteiger partial charge in [0.1, 0.15) is 18.2 Å². The van der Waals surface area contributed by atoms with Gasteiger partial charge in [0, 0.05) is 12.5 Å². The Bertz CT molecular complexity index is 729. The standard InChI is InChI=1S/C21H23NO4/c1-15(23)20(16(2)24)19(18-11-7-4-8-12-18)13-22-21(25)26-14-17-9-5-3-6-10-17/h3-12,19-20H,13-14H2,1-2H3,(H,22,25). The summed E-state index contributed by atoms with van der Waals surface area (Å²) in [4.78, 5) is 36.0. The second-order valence-electron chi connectivity index (χ2n) is 6.16. The maximum absolute atomic E-state index is 12.0. The minimum atomic E-state index is -0.799. The molecule has 0 heterocycles. The molecule has 5 heteroatoms. The smallest absolute Gasteiger partial charge is 0.407 e. The highest BCUT2D eigenvalue weighted by molar-refractivity contribution is 6.01. The number of rotatable bonds is 8. The molecule has 1 unspecified atom stereocenters. The lowest BCUT2D eigenvalue weighted by Gasteiger charge is -2.24. The monoisotopic (exact) mass is 353 g/mol. The van der Waals surface area contributed by atoms with Crippen LogP contribution in [0.2, 0.25) is 0 Å². The Labute approximate surface area is 153 Å². The minimum Gasteiger partial charge on any atom is -0.445 e. The van der Waals surface area contributed by atoms with Gasteiger partial charge in [0.15, 0.2) is 0 Å². The molecular formula is C21H23NO4. The SMILES string of the molecule is CC(=O)C(C(C)=O)C(CNC(=O)OCc1ccccc1)c1ccccc1. The van der Waals surface area contributed by atoms with Crippen molar-refractivity contribution in [1.29, 1.82) is 0 Å². The van der Waals surface area contributed by atoms with E-state index in [0.29, 0.717) is 0 Å². The number of hydrogen-bond acceptors (Lipinski definition) is 4. The molecular weight excluding hydrogens is 330 g/mol. The molecule has 0 aliphatic carbocycles. The average molecular weight is 353 g/mol. The zero-order valence-electron chi connectivity index (χ0n) is 15.0. The van der Waals surface area contributed by atoms with Crippen LogP contribution in [-0.2, 0) is 20.9 Å². The van der Waals surface area contributed by atoms with Crippen molar-refractivity contribution in [3.8, 4) is 0 Å². The van der Waals surface area contributed by atoms with E-state index in [1.807, 2.05) is 60.7 Å². The van der Waals surface area contributed by atoms with Crippen molar-refractivity contribution in [2.45, 2.75) is 26.4 Å². The van der Waals surface area contributed by atoms with Crippen molar-refractivity contribution in [1.82, 2.24) is 5.32 Å². The molecule has 0 spiro atoms. The first-order valence-electron chi connectivity index (χ1n) is 8.49. The van der Waals surface area contributed by atoms with E-state index in [9.17, 15) is 14.4 Å². The molecule has 26 heavy (non-hydrogen) atoms. The molecule has 2 aromatic rings. The average Bonchev–Trinajstić information content (AvgIpc) is 2.64. The van der Waals surface area contributed by atoms with Crippen LogP contribution < -0.4 is 5.32 Å². The van der Waals surface area contributed by atoms with Crippen LogP contribution in [0.5, 0.6) is 0 Å². The van der Waals surface area contributed by atoms with Crippen molar-refractivity contribution in [3.63, 3.8) is 0 Å². The van der Waals surface area contributed by atoms with Crippen LogP contribution >= 0.6 is 0 Å². The lowest BCUT2D eigenvalue weighted by molar-refractivity contribution is -0.131. The second kappa shape index (κ2) is 9.51. The molecule has 136 valence electrons. The first kappa shape index (κ1) is 19.4. The highest BCUT2D eigenvalue weighted by atomic mass is 16.5. The van der Waals surface area contributed by atoms with E-state index >= 15 is 0 Å². The summed E-state index contributed by atoms with van der Waals surface area (Å²) in [6.07, 6.45) is -0.583. The molecule has 1 amide bonds. The number of ketones is 2. The number of carbonyl (C=O) groups is 3. The minimum absolute atomic E-state index is 0.140. The summed E-state index contributed by atoms with van der Waals surface area (Å²) >= 11 is 0. The summed E-state index contributed by atoms with van der Waals surface area (Å²) in [7, 11) is 0. The predicted molar refractivity (Wildman–Crippen MR) is 98.7 cm³/mol. The fourth-order valence-corrected chi connectivity index (χ4v) is 2.95. The fraction of sp³-hybridized carbons (Fsp3) is 0.286. The number of benzene rings is 2. The van der Waals surface area contributed by atoms with Crippen LogP contribution in [-0.4, -0.2) is 24.2 Å². The van der Waals surface area contributed by atoms with E-state index < -0.39 is 17.9 Å². The van der Waals surface area contributed by atoms with Crippen LogP contribution in [0.4, 0.5) is 4.79 Å². The van der Waals surface area contributed by atoms with Gasteiger partial charge >= 0.3 is 6.09 Å². The van der Waals surface area contributed by atoms with Gasteiger partial charge < -0.3 is 10.1 Å². The molecule has 0 radical (unpaired) electrons. The van der Waals surface area contributed by atoms with Gasteiger partial charge in [-0.05, 0) is 25.0 Å². The van der Waals surface area contributed by atoms with E-state index in [4.69, 9.17) is 4.74 Å². The molecule has 1 N–H and O–H groups in total. The summed E-state index contributed by atoms with van der Waals surface area (Å²) in [5.74, 6) is -1.67. The molecule has 5 nitrogen and oxygen atoms in total. The topological polar surface area (TPSA) is 72.5 Å². The molecule has 0 aliphatic heterocycles. The van der Waals surface area contributed by atoms with Gasteiger partial charge in [-0.3, -0.25) is 9.59 Å². The highest BCUT2D eigenvalue weighted by Crippen LogP contribution is 2.26. The van der Waals surface area contributed by atoms with Gasteiger partial charge in [-0.2, -0.15) is 0 Å². The third-order valence-corrected chi connectivity index (χ3v) is 4.19. The largest absolute Gasteiger partial charge is 0.445 e. The molecule has 1 atom stereocenters. The van der Waals surface area contributed by atoms with Gasteiger partial charge in [0.05, 0.1) is 5.92 Å². The summed E-state index contributed by atoms with van der Waals surface area (Å²) in [5, 5.41) is 2.68. The van der Waals surface area contributed by atoms with Crippen molar-refractivity contribution >= 4 is 17.7 Å². The molecule has 0 aliphatic rings. The summed E-state index contributed by atoms with van der Waals surface area (Å²) < 4.78 is 5.20. The Morgan fingerprint density at radius 2 is 1.42 bits per heavy atom. The molecule has 0 saturated heterocycles. The maximum atomic E-state index is 12.0. The van der Waals surface area contributed by atoms with Crippen molar-refractivity contribution < 1.29 is 19.1 Å². The number of alkyl carbamates (subject to hydrolysis) is 1. The lowest BCUT2D eigenvalue weighted by Crippen LogP contribution is -2.36. The van der Waals surface area contributed by atoms with E-state index in [0.717, 1.165) is 11.1 Å². The van der Waals surface area contributed by atoms with Gasteiger partial charge in [0.2, 0.25) is 0 Å². The molecule has 0 aromatic heterocycles. The third kappa shape index (κ3) is 5.55. The normalized spacial score (nSPS) is 11.7. The summed E-state index contributed by atoms with van der Waals surface area (Å²) in [6, 6.07) is 18.6. The molecule has 0 saturated carbocycles. The Hall–Kier alpha value is -2.95. The number of ether oxygens (including phenoxy) is 1. The molecule has 0 fully saturated rings. The lowest BCUT2D eigenvalue weighted by atomic mass is 9.81. The molecule has 2 aromatic carbocycles. The Morgan fingerprint density at radius 3 is 1.96 bits per heavy atom. The zero-order valence-corrected chi connectivity index (χ0v) is 15.0. The third-order valence-electron chi connectivity index (χ3n) is 4.19. The van der Waals surface area contributed by atoms with Crippen LogP contribution in [0.15, 0.2) is 60.7 Å². The van der Waals surface area contributed by atoms with Crippen LogP contribution in [0.1, 0.15) is 30.9 Å². The van der Waals surface area contributed by atoms with Crippen molar-refractivity contribution in [2.75, 3.05) is 6.54 Å². The van der Waals surface area contributed by atoms with Gasteiger partial charge in [-0.25, -0.2) is 4.79 Å². The Balaban J connectivity index is 2.03. The fourth-order valence-electron chi connectivity index (χ4n) is 2.95. The quantitative estimate of drug-likeness (QED) is 0.737. The van der Waals surface area contributed by atoms with Gasteiger partial charge in [-0.1, -0.05) is 60.7 Å². The van der Waals surface area contributed by atoms with Crippen LogP contribution in [0, 0.1) is 5.92 Å². The maximum Gasteiger partial charge on any atom is 0.407 e. The molecule has 2 rings (SSSR count). The summed E-state index contributed by atoms with van der Waals surface area (Å²) in [6.45, 7) is 3.10. The first-order valence-corrected chi connectivity index (χ1v) is 8.49. The highest BCUT2D eigenvalue weighted by Gasteiger charge is 2.31. The second-order valence-corrected chi connectivity index (χ2v) is 6.16. The van der Waals surface area contributed by atoms with Gasteiger partial charge in [-0.15, -0.1) is 0 Å². The summed E-state index contributed by atoms with van der Waals surface area (Å²) in [5.41, 5.74) is 1.71. The Kier molecular flexibility index (Phi) is 7.09. The van der Waals surface area contributed by atoms with Crippen LogP contribution in [0.25, 0.3) is 0 Å². The van der Waals surface area contributed by atoms with Crippen LogP contribution in [0.3, 0.4) is 0 Å². The number of carbonyl (C=O) groups excluding carboxylic acids is 3.